The van der Waals surface area contributed by atoms with Crippen molar-refractivity contribution in [1.82, 2.24) is 0 Å². The lowest BCUT2D eigenvalue weighted by Crippen LogP contribution is -2.48. The number of ether oxygens (including phenoxy) is 2. The van der Waals surface area contributed by atoms with Gasteiger partial charge in [-0.15, -0.1) is 23.5 Å². The number of methoxy groups -OCH3 is 2. The second-order valence-corrected chi connectivity index (χ2v) is 16.5. The number of sulfone groups is 1. The Morgan fingerprint density at radius 1 is 0.696 bits per heavy atom. The zero-order chi connectivity index (χ0) is 33.7. The molecule has 0 saturated carbocycles. The summed E-state index contributed by atoms with van der Waals surface area (Å²) in [5.74, 6) is -1.56. The molecule has 1 aliphatic carbocycles. The molecule has 1 aliphatic rings. The van der Waals surface area contributed by atoms with Crippen LogP contribution in [0.4, 0.5) is 0 Å². The number of allylic oxidation sites excluding steroid dienone is 2. The van der Waals surface area contributed by atoms with E-state index in [1.54, 1.807) is 44.2 Å². The lowest BCUT2D eigenvalue weighted by Gasteiger charge is -2.40. The first-order valence-electron chi connectivity index (χ1n) is 14.9. The van der Waals surface area contributed by atoms with E-state index in [1.165, 1.54) is 37.7 Å². The van der Waals surface area contributed by atoms with Crippen molar-refractivity contribution in [2.75, 3.05) is 25.7 Å². The number of rotatable bonds is 13. The minimum Gasteiger partial charge on any atom is -0.468 e. The van der Waals surface area contributed by atoms with Crippen LogP contribution in [0, 0.1) is 16.7 Å². The van der Waals surface area contributed by atoms with Crippen LogP contribution in [0.5, 0.6) is 0 Å². The number of carbonyl (C=O) groups is 3. The van der Waals surface area contributed by atoms with Crippen molar-refractivity contribution in [3.63, 3.8) is 0 Å². The molecule has 10 heteroatoms. The van der Waals surface area contributed by atoms with Crippen LogP contribution in [0.1, 0.15) is 38.8 Å². The van der Waals surface area contributed by atoms with E-state index in [9.17, 15) is 18.0 Å². The molecule has 4 rings (SSSR count). The molecule has 4 unspecified atom stereocenters. The molecule has 0 fully saturated rings. The van der Waals surface area contributed by atoms with E-state index in [0.29, 0.717) is 5.57 Å². The summed E-state index contributed by atoms with van der Waals surface area (Å²) in [5.41, 5.74) is 0.223. The standard InChI is InChI=1S/C36H40O7S3/c1-24(33(44-22-29(37)42-5)45-23-30(38)43-6)35(3)31(26-16-10-7-11-17-26)32(27-18-12-8-13-19-27)36(4,34(35)39)25(2)46(40,41)28-20-14-9-15-21-28/h7-21,24-25,33H,22-23H2,1-6H3. The van der Waals surface area contributed by atoms with Crippen LogP contribution >= 0.6 is 23.5 Å². The quantitative estimate of drug-likeness (QED) is 0.142. The average molecular weight is 681 g/mol. The van der Waals surface area contributed by atoms with Gasteiger partial charge in [0.25, 0.3) is 0 Å². The molecule has 0 bridgehead atoms. The number of ketones is 1. The van der Waals surface area contributed by atoms with Gasteiger partial charge in [0.05, 0.1) is 51.3 Å². The van der Waals surface area contributed by atoms with E-state index in [4.69, 9.17) is 9.47 Å². The molecule has 46 heavy (non-hydrogen) atoms. The van der Waals surface area contributed by atoms with Gasteiger partial charge >= 0.3 is 11.9 Å². The number of benzene rings is 3. The molecule has 3 aromatic carbocycles. The monoisotopic (exact) mass is 680 g/mol. The van der Waals surface area contributed by atoms with Gasteiger partial charge in [-0.1, -0.05) is 85.8 Å². The maximum atomic E-state index is 15.5. The van der Waals surface area contributed by atoms with Gasteiger partial charge < -0.3 is 9.47 Å². The molecule has 3 aromatic rings. The number of carbonyl (C=O) groups excluding carboxylic acids is 3. The van der Waals surface area contributed by atoms with E-state index in [2.05, 4.69) is 0 Å². The molecule has 0 saturated heterocycles. The number of thioether (sulfide) groups is 2. The molecule has 0 radical (unpaired) electrons. The van der Waals surface area contributed by atoms with Crippen molar-refractivity contribution in [3.05, 3.63) is 102 Å². The lowest BCUT2D eigenvalue weighted by atomic mass is 9.67. The van der Waals surface area contributed by atoms with Gasteiger partial charge in [0.15, 0.2) is 15.6 Å². The van der Waals surface area contributed by atoms with Gasteiger partial charge in [0.1, 0.15) is 0 Å². The van der Waals surface area contributed by atoms with Crippen LogP contribution in [-0.2, 0) is 33.7 Å². The van der Waals surface area contributed by atoms with Crippen molar-refractivity contribution in [2.45, 2.75) is 42.4 Å². The average Bonchev–Trinajstić information content (AvgIpc) is 3.27. The second kappa shape index (κ2) is 14.6. The number of esters is 2. The zero-order valence-electron chi connectivity index (χ0n) is 26.9. The Balaban J connectivity index is 2.02. The molecule has 244 valence electrons. The molecule has 0 N–H and O–H groups in total. The van der Waals surface area contributed by atoms with Crippen molar-refractivity contribution < 1.29 is 32.3 Å². The molecular formula is C36H40O7S3. The Kier molecular flexibility index (Phi) is 11.3. The van der Waals surface area contributed by atoms with E-state index in [-0.39, 0.29) is 22.2 Å². The van der Waals surface area contributed by atoms with Gasteiger partial charge in [-0.3, -0.25) is 14.4 Å². The summed E-state index contributed by atoms with van der Waals surface area (Å²) in [6, 6.07) is 27.3. The fourth-order valence-electron chi connectivity index (χ4n) is 6.36. The molecular weight excluding hydrogens is 641 g/mol. The summed E-state index contributed by atoms with van der Waals surface area (Å²) >= 11 is 2.59. The van der Waals surface area contributed by atoms with Crippen molar-refractivity contribution in [1.29, 1.82) is 0 Å². The molecule has 7 nitrogen and oxygen atoms in total. The lowest BCUT2D eigenvalue weighted by molar-refractivity contribution is -0.138. The van der Waals surface area contributed by atoms with Gasteiger partial charge in [-0.25, -0.2) is 8.42 Å². The summed E-state index contributed by atoms with van der Waals surface area (Å²) in [5, 5.41) is -1.14. The van der Waals surface area contributed by atoms with Crippen LogP contribution in [0.2, 0.25) is 0 Å². The topological polar surface area (TPSA) is 104 Å². The van der Waals surface area contributed by atoms with Gasteiger partial charge in [0, 0.05) is 0 Å². The molecule has 0 aromatic heterocycles. The molecule has 4 atom stereocenters. The van der Waals surface area contributed by atoms with Crippen LogP contribution in [0.25, 0.3) is 11.1 Å². The third kappa shape index (κ3) is 6.57. The first-order valence-corrected chi connectivity index (χ1v) is 18.6. The summed E-state index contributed by atoms with van der Waals surface area (Å²) in [6.45, 7) is 7.19. The summed E-state index contributed by atoms with van der Waals surface area (Å²) in [7, 11) is -1.37. The SMILES string of the molecule is COC(=O)CSC(SCC(=O)OC)C(C)C1(C)C(=O)C(C)(C(C)S(=O)(=O)c2ccccc2)C(c2ccccc2)=C1c1ccccc1. The van der Waals surface area contributed by atoms with Gasteiger partial charge in [-0.05, 0) is 61.1 Å². The Morgan fingerprint density at radius 3 is 1.50 bits per heavy atom. The van der Waals surface area contributed by atoms with E-state index < -0.39 is 48.4 Å². The van der Waals surface area contributed by atoms with Crippen LogP contribution in [0.3, 0.4) is 0 Å². The minimum absolute atomic E-state index is 0.00986. The van der Waals surface area contributed by atoms with Crippen molar-refractivity contribution in [3.8, 4) is 0 Å². The van der Waals surface area contributed by atoms with E-state index in [0.717, 1.165) is 16.7 Å². The highest BCUT2D eigenvalue weighted by Gasteiger charge is 2.64. The van der Waals surface area contributed by atoms with Gasteiger partial charge in [0.2, 0.25) is 0 Å². The van der Waals surface area contributed by atoms with Crippen LogP contribution < -0.4 is 0 Å². The second-order valence-electron chi connectivity index (χ2n) is 11.6. The fraction of sp³-hybridized carbons (Fsp3) is 0.361. The van der Waals surface area contributed by atoms with Crippen LogP contribution in [0.15, 0.2) is 95.9 Å². The van der Waals surface area contributed by atoms with E-state index >= 15 is 4.79 Å². The zero-order valence-corrected chi connectivity index (χ0v) is 29.3. The van der Waals surface area contributed by atoms with E-state index in [1.807, 2.05) is 74.5 Å². The fourth-order valence-corrected chi connectivity index (χ4v) is 10.9. The number of hydrogen-bond acceptors (Lipinski definition) is 9. The molecule has 0 heterocycles. The first-order chi connectivity index (χ1) is 21.8. The highest BCUT2D eigenvalue weighted by Crippen LogP contribution is 2.64. The Hall–Kier alpha value is -3.34. The number of Topliss-reactive ketones (excluding diaryl/α,β-unsaturated/α-hetero) is 1. The predicted molar refractivity (Wildman–Crippen MR) is 186 cm³/mol. The summed E-state index contributed by atoms with van der Waals surface area (Å²) < 4.78 is 38.1. The third-order valence-corrected chi connectivity index (χ3v) is 14.6. The minimum atomic E-state index is -3.99. The highest BCUT2D eigenvalue weighted by molar-refractivity contribution is 8.17. The first kappa shape index (κ1) is 35.5. The predicted octanol–water partition coefficient (Wildman–Crippen LogP) is 6.83. The molecule has 0 spiro atoms. The Morgan fingerprint density at radius 2 is 1.09 bits per heavy atom. The van der Waals surface area contributed by atoms with Crippen molar-refractivity contribution >= 4 is 62.2 Å². The highest BCUT2D eigenvalue weighted by atomic mass is 32.2. The molecule has 0 amide bonds. The Bertz CT molecular complexity index is 1670. The largest absolute Gasteiger partial charge is 0.468 e. The maximum Gasteiger partial charge on any atom is 0.315 e. The summed E-state index contributed by atoms with van der Waals surface area (Å²) in [6.07, 6.45) is 0. The Labute approximate surface area is 280 Å². The van der Waals surface area contributed by atoms with Crippen LogP contribution in [-0.4, -0.2) is 61.7 Å². The smallest absolute Gasteiger partial charge is 0.315 e. The normalized spacial score (nSPS) is 21.2. The van der Waals surface area contributed by atoms with Gasteiger partial charge in [-0.2, -0.15) is 0 Å². The third-order valence-electron chi connectivity index (χ3n) is 9.21. The summed E-state index contributed by atoms with van der Waals surface area (Å²) in [4.78, 5) is 40.2. The maximum absolute atomic E-state index is 15.5. The van der Waals surface area contributed by atoms with Crippen molar-refractivity contribution in [2.24, 2.45) is 16.7 Å². The number of hydrogen-bond donors (Lipinski definition) is 0. The molecule has 0 aliphatic heterocycles.